The van der Waals surface area contributed by atoms with Crippen molar-refractivity contribution in [2.75, 3.05) is 0 Å². The number of carbonyl (C=O) groups excluding carboxylic acids is 1. The average molecular weight is 268 g/mol. The van der Waals surface area contributed by atoms with E-state index in [4.69, 9.17) is 0 Å². The summed E-state index contributed by atoms with van der Waals surface area (Å²) in [5.41, 5.74) is 1.09. The third-order valence-electron chi connectivity index (χ3n) is 3.06. The fourth-order valence-corrected chi connectivity index (χ4v) is 2.97. The van der Waals surface area contributed by atoms with Crippen LogP contribution in [-0.2, 0) is 0 Å². The zero-order chi connectivity index (χ0) is 13.4. The number of thiophene rings is 1. The highest BCUT2D eigenvalue weighted by Gasteiger charge is 2.07. The first-order chi connectivity index (χ1) is 9.13. The van der Waals surface area contributed by atoms with Gasteiger partial charge in [0.2, 0.25) is 0 Å². The highest BCUT2D eigenvalue weighted by atomic mass is 32.1. The van der Waals surface area contributed by atoms with Crippen LogP contribution in [0.1, 0.15) is 16.6 Å². The first-order valence-corrected chi connectivity index (χ1v) is 6.79. The normalized spacial score (nSPS) is 10.8. The van der Waals surface area contributed by atoms with Gasteiger partial charge in [-0.1, -0.05) is 18.2 Å². The van der Waals surface area contributed by atoms with Crippen LogP contribution in [0.15, 0.2) is 48.5 Å². The molecule has 3 aromatic rings. The largest absolute Gasteiger partial charge is 0.508 e. The minimum absolute atomic E-state index is 0.0990. The van der Waals surface area contributed by atoms with E-state index in [-0.39, 0.29) is 11.5 Å². The molecule has 0 radical (unpaired) electrons. The maximum atomic E-state index is 11.3. The third-order valence-corrected chi connectivity index (χ3v) is 4.30. The molecule has 0 aliphatic carbocycles. The number of hydrogen-bond donors (Lipinski definition) is 1. The molecular weight excluding hydrogens is 256 g/mol. The Morgan fingerprint density at radius 3 is 2.47 bits per heavy atom. The molecule has 0 unspecified atom stereocenters. The SMILES string of the molecule is CC(=O)c1ccc(-c2ccc3cc(O)ccc3c2)s1. The molecule has 0 amide bonds. The van der Waals surface area contributed by atoms with Crippen LogP contribution < -0.4 is 0 Å². The Labute approximate surface area is 114 Å². The minimum Gasteiger partial charge on any atom is -0.508 e. The summed E-state index contributed by atoms with van der Waals surface area (Å²) in [5.74, 6) is 0.372. The molecule has 0 saturated heterocycles. The fourth-order valence-electron chi connectivity index (χ4n) is 2.07. The summed E-state index contributed by atoms with van der Waals surface area (Å²) in [4.78, 5) is 13.2. The Hall–Kier alpha value is -2.13. The zero-order valence-electron chi connectivity index (χ0n) is 10.4. The maximum absolute atomic E-state index is 11.3. The maximum Gasteiger partial charge on any atom is 0.169 e. The van der Waals surface area contributed by atoms with Crippen molar-refractivity contribution in [3.63, 3.8) is 0 Å². The molecule has 1 heterocycles. The highest BCUT2D eigenvalue weighted by Crippen LogP contribution is 2.31. The van der Waals surface area contributed by atoms with Gasteiger partial charge in [0, 0.05) is 4.88 Å². The number of aromatic hydroxyl groups is 1. The van der Waals surface area contributed by atoms with Crippen molar-refractivity contribution in [3.8, 4) is 16.2 Å². The van der Waals surface area contributed by atoms with Crippen molar-refractivity contribution >= 4 is 27.9 Å². The van der Waals surface area contributed by atoms with Gasteiger partial charge in [-0.05, 0) is 53.6 Å². The summed E-state index contributed by atoms with van der Waals surface area (Å²) >= 11 is 1.51. The van der Waals surface area contributed by atoms with E-state index in [0.29, 0.717) is 0 Å². The van der Waals surface area contributed by atoms with Crippen LogP contribution in [0.3, 0.4) is 0 Å². The number of rotatable bonds is 2. The summed E-state index contributed by atoms with van der Waals surface area (Å²) < 4.78 is 0. The molecule has 0 aliphatic rings. The summed E-state index contributed by atoms with van der Waals surface area (Å²) in [7, 11) is 0. The van der Waals surface area contributed by atoms with E-state index in [9.17, 15) is 9.90 Å². The molecule has 0 atom stereocenters. The summed E-state index contributed by atoms with van der Waals surface area (Å²) in [6.45, 7) is 1.58. The molecule has 1 N–H and O–H groups in total. The number of phenolic OH excluding ortho intramolecular Hbond substituents is 1. The molecule has 0 bridgehead atoms. The molecule has 94 valence electrons. The number of ketones is 1. The molecule has 0 saturated carbocycles. The Balaban J connectivity index is 2.09. The second kappa shape index (κ2) is 4.52. The Morgan fingerprint density at radius 2 is 1.74 bits per heavy atom. The van der Waals surface area contributed by atoms with E-state index in [1.807, 2.05) is 30.3 Å². The van der Waals surface area contributed by atoms with Crippen LogP contribution in [0.2, 0.25) is 0 Å². The van der Waals surface area contributed by atoms with Crippen LogP contribution in [0.4, 0.5) is 0 Å². The van der Waals surface area contributed by atoms with Gasteiger partial charge < -0.3 is 5.11 Å². The van der Waals surface area contributed by atoms with Gasteiger partial charge in [-0.25, -0.2) is 0 Å². The second-order valence-electron chi connectivity index (χ2n) is 4.47. The standard InChI is InChI=1S/C16H12O2S/c1-10(17)15-6-7-16(19-15)13-3-2-12-9-14(18)5-4-11(12)8-13/h2-9,18H,1H3. The van der Waals surface area contributed by atoms with Crippen molar-refractivity contribution in [1.82, 2.24) is 0 Å². The lowest BCUT2D eigenvalue weighted by Crippen LogP contribution is -1.83. The predicted molar refractivity (Wildman–Crippen MR) is 78.9 cm³/mol. The minimum atomic E-state index is 0.0990. The number of benzene rings is 2. The van der Waals surface area contributed by atoms with Gasteiger partial charge in [-0.15, -0.1) is 11.3 Å². The smallest absolute Gasteiger partial charge is 0.169 e. The van der Waals surface area contributed by atoms with Crippen molar-refractivity contribution in [1.29, 1.82) is 0 Å². The van der Waals surface area contributed by atoms with Crippen LogP contribution in [0, 0.1) is 0 Å². The van der Waals surface area contributed by atoms with Crippen LogP contribution in [0.5, 0.6) is 5.75 Å². The lowest BCUT2D eigenvalue weighted by molar-refractivity contribution is 0.102. The molecule has 0 aliphatic heterocycles. The van der Waals surface area contributed by atoms with E-state index < -0.39 is 0 Å². The van der Waals surface area contributed by atoms with E-state index in [2.05, 4.69) is 6.07 Å². The van der Waals surface area contributed by atoms with E-state index in [1.54, 1.807) is 19.1 Å². The monoisotopic (exact) mass is 268 g/mol. The molecule has 3 heteroatoms. The molecular formula is C16H12O2S. The quantitative estimate of drug-likeness (QED) is 0.696. The predicted octanol–water partition coefficient (Wildman–Crippen LogP) is 4.48. The van der Waals surface area contributed by atoms with Crippen LogP contribution in [-0.4, -0.2) is 10.9 Å². The number of Topliss-reactive ketones (excluding diaryl/α,β-unsaturated/α-hetero) is 1. The number of phenols is 1. The lowest BCUT2D eigenvalue weighted by Gasteiger charge is -2.02. The van der Waals surface area contributed by atoms with Crippen molar-refractivity contribution in [3.05, 3.63) is 53.4 Å². The van der Waals surface area contributed by atoms with Crippen molar-refractivity contribution in [2.24, 2.45) is 0 Å². The summed E-state index contributed by atoms with van der Waals surface area (Å²) in [5, 5.41) is 11.5. The van der Waals surface area contributed by atoms with Gasteiger partial charge in [0.15, 0.2) is 5.78 Å². The van der Waals surface area contributed by atoms with Crippen LogP contribution >= 0.6 is 11.3 Å². The van der Waals surface area contributed by atoms with Gasteiger partial charge in [0.05, 0.1) is 4.88 Å². The number of hydrogen-bond acceptors (Lipinski definition) is 3. The van der Waals surface area contributed by atoms with Gasteiger partial charge in [-0.3, -0.25) is 4.79 Å². The lowest BCUT2D eigenvalue weighted by atomic mass is 10.1. The third kappa shape index (κ3) is 2.25. The van der Waals surface area contributed by atoms with Gasteiger partial charge in [0.1, 0.15) is 5.75 Å². The summed E-state index contributed by atoms with van der Waals surface area (Å²) in [6.07, 6.45) is 0. The second-order valence-corrected chi connectivity index (χ2v) is 5.55. The first kappa shape index (κ1) is 11.9. The van der Waals surface area contributed by atoms with Gasteiger partial charge >= 0.3 is 0 Å². The van der Waals surface area contributed by atoms with E-state index >= 15 is 0 Å². The van der Waals surface area contributed by atoms with E-state index in [1.165, 1.54) is 11.3 Å². The fraction of sp³-hybridized carbons (Fsp3) is 0.0625. The Bertz CT molecular complexity index is 771. The number of carbonyl (C=O) groups is 1. The Kier molecular flexibility index (Phi) is 2.84. The zero-order valence-corrected chi connectivity index (χ0v) is 11.2. The molecule has 0 fully saturated rings. The molecule has 2 nitrogen and oxygen atoms in total. The number of fused-ring (bicyclic) bond motifs is 1. The molecule has 19 heavy (non-hydrogen) atoms. The molecule has 0 spiro atoms. The average Bonchev–Trinajstić information content (AvgIpc) is 2.88. The van der Waals surface area contributed by atoms with Gasteiger partial charge in [-0.2, -0.15) is 0 Å². The first-order valence-electron chi connectivity index (χ1n) is 5.97. The highest BCUT2D eigenvalue weighted by molar-refractivity contribution is 7.17. The molecule has 3 rings (SSSR count). The molecule has 1 aromatic heterocycles. The van der Waals surface area contributed by atoms with Crippen LogP contribution in [0.25, 0.3) is 21.2 Å². The topological polar surface area (TPSA) is 37.3 Å². The Morgan fingerprint density at radius 1 is 1.00 bits per heavy atom. The van der Waals surface area contributed by atoms with Gasteiger partial charge in [0.25, 0.3) is 0 Å². The van der Waals surface area contributed by atoms with Crippen molar-refractivity contribution < 1.29 is 9.90 Å². The molecule has 2 aromatic carbocycles. The van der Waals surface area contributed by atoms with Crippen molar-refractivity contribution in [2.45, 2.75) is 6.92 Å². The summed E-state index contributed by atoms with van der Waals surface area (Å²) in [6, 6.07) is 15.2. The van der Waals surface area contributed by atoms with E-state index in [0.717, 1.165) is 26.1 Å².